The minimum absolute atomic E-state index is 0.417. The molecule has 0 aliphatic rings. The number of hydrogen-bond donors (Lipinski definition) is 2. The summed E-state index contributed by atoms with van der Waals surface area (Å²) in [6.45, 7) is 2.58. The van der Waals surface area contributed by atoms with Crippen LogP contribution < -0.4 is 11.1 Å². The van der Waals surface area contributed by atoms with Gasteiger partial charge in [0.05, 0.1) is 0 Å². The second-order valence-corrected chi connectivity index (χ2v) is 5.15. The van der Waals surface area contributed by atoms with Crippen LogP contribution >= 0.6 is 15.9 Å². The van der Waals surface area contributed by atoms with Crippen molar-refractivity contribution in [2.75, 3.05) is 5.32 Å². The molecule has 0 bridgehead atoms. The molecule has 1 heterocycles. The fourth-order valence-electron chi connectivity index (χ4n) is 1.75. The third kappa shape index (κ3) is 3.54. The van der Waals surface area contributed by atoms with Gasteiger partial charge in [-0.25, -0.2) is 4.98 Å². The van der Waals surface area contributed by atoms with Gasteiger partial charge in [-0.15, -0.1) is 0 Å². The average Bonchev–Trinajstić information content (AvgIpc) is 2.38. The van der Waals surface area contributed by atoms with Crippen LogP contribution in [0.2, 0.25) is 0 Å². The van der Waals surface area contributed by atoms with Crippen molar-refractivity contribution in [3.63, 3.8) is 0 Å². The monoisotopic (exact) mass is 319 g/mol. The molecule has 0 fully saturated rings. The van der Waals surface area contributed by atoms with Crippen LogP contribution in [0.15, 0.2) is 41.0 Å². The maximum atomic E-state index is 11.1. The quantitative estimate of drug-likeness (QED) is 0.910. The number of primary amides is 1. The zero-order chi connectivity index (χ0) is 13.8. The van der Waals surface area contributed by atoms with E-state index < -0.39 is 5.91 Å². The number of aromatic nitrogens is 1. The highest BCUT2D eigenvalue weighted by molar-refractivity contribution is 9.10. The van der Waals surface area contributed by atoms with Crippen molar-refractivity contribution in [3.05, 3.63) is 57.7 Å². The third-order valence-electron chi connectivity index (χ3n) is 2.72. The Hall–Kier alpha value is -1.88. The Morgan fingerprint density at radius 1 is 1.42 bits per heavy atom. The first-order chi connectivity index (χ1) is 9.06. The van der Waals surface area contributed by atoms with Crippen molar-refractivity contribution in [3.8, 4) is 0 Å². The zero-order valence-corrected chi connectivity index (χ0v) is 12.1. The van der Waals surface area contributed by atoms with E-state index in [0.29, 0.717) is 12.1 Å². The Balaban J connectivity index is 2.10. The molecule has 19 heavy (non-hydrogen) atoms. The SMILES string of the molecule is Cc1cc(Br)cnc1NCc1cccc(C(N)=O)c1. The number of carbonyl (C=O) groups is 1. The molecule has 0 saturated carbocycles. The van der Waals surface area contributed by atoms with Crippen LogP contribution in [0, 0.1) is 6.92 Å². The number of pyridine rings is 1. The van der Waals surface area contributed by atoms with E-state index in [2.05, 4.69) is 26.2 Å². The molecule has 0 aliphatic heterocycles. The topological polar surface area (TPSA) is 68.0 Å². The molecule has 1 aromatic carbocycles. The van der Waals surface area contributed by atoms with Gasteiger partial charge in [0.1, 0.15) is 5.82 Å². The van der Waals surface area contributed by atoms with Crippen LogP contribution in [0.3, 0.4) is 0 Å². The van der Waals surface area contributed by atoms with Gasteiger partial charge in [0, 0.05) is 22.8 Å². The molecule has 0 atom stereocenters. The standard InChI is InChI=1S/C14H14BrN3O/c1-9-5-12(15)8-18-14(9)17-7-10-3-2-4-11(6-10)13(16)19/h2-6,8H,7H2,1H3,(H2,16,19)(H,17,18). The molecular weight excluding hydrogens is 306 g/mol. The molecule has 2 rings (SSSR count). The molecular formula is C14H14BrN3O. The van der Waals surface area contributed by atoms with Crippen LogP contribution in [0.4, 0.5) is 5.82 Å². The van der Waals surface area contributed by atoms with Gasteiger partial charge in [0.2, 0.25) is 5.91 Å². The number of amides is 1. The van der Waals surface area contributed by atoms with Gasteiger partial charge >= 0.3 is 0 Å². The van der Waals surface area contributed by atoms with Crippen LogP contribution in [0.1, 0.15) is 21.5 Å². The largest absolute Gasteiger partial charge is 0.366 e. The molecule has 0 unspecified atom stereocenters. The van der Waals surface area contributed by atoms with Gasteiger partial charge in [-0.05, 0) is 52.2 Å². The summed E-state index contributed by atoms with van der Waals surface area (Å²) in [4.78, 5) is 15.4. The van der Waals surface area contributed by atoms with Crippen LogP contribution in [-0.4, -0.2) is 10.9 Å². The predicted octanol–water partition coefficient (Wildman–Crippen LogP) is 2.86. The molecule has 0 spiro atoms. The lowest BCUT2D eigenvalue weighted by Gasteiger charge is -2.09. The second-order valence-electron chi connectivity index (χ2n) is 4.24. The molecule has 0 aliphatic carbocycles. The molecule has 5 heteroatoms. The highest BCUT2D eigenvalue weighted by atomic mass is 79.9. The lowest BCUT2D eigenvalue weighted by molar-refractivity contribution is 0.1000. The Kier molecular flexibility index (Phi) is 4.16. The van der Waals surface area contributed by atoms with E-state index in [1.54, 1.807) is 18.3 Å². The van der Waals surface area contributed by atoms with E-state index in [4.69, 9.17) is 5.73 Å². The predicted molar refractivity (Wildman–Crippen MR) is 79.0 cm³/mol. The number of nitrogens with two attached hydrogens (primary N) is 1. The number of carbonyl (C=O) groups excluding carboxylic acids is 1. The first-order valence-electron chi connectivity index (χ1n) is 5.81. The number of nitrogens with zero attached hydrogens (tertiary/aromatic N) is 1. The highest BCUT2D eigenvalue weighted by Crippen LogP contribution is 2.17. The maximum Gasteiger partial charge on any atom is 0.248 e. The maximum absolute atomic E-state index is 11.1. The minimum atomic E-state index is -0.417. The minimum Gasteiger partial charge on any atom is -0.366 e. The molecule has 0 radical (unpaired) electrons. The van der Waals surface area contributed by atoms with Crippen molar-refractivity contribution in [1.82, 2.24) is 4.98 Å². The Labute approximate surface area is 120 Å². The van der Waals surface area contributed by atoms with Gasteiger partial charge in [0.15, 0.2) is 0 Å². The van der Waals surface area contributed by atoms with E-state index in [1.807, 2.05) is 25.1 Å². The van der Waals surface area contributed by atoms with Crippen molar-refractivity contribution >= 4 is 27.7 Å². The summed E-state index contributed by atoms with van der Waals surface area (Å²) >= 11 is 3.38. The number of anilines is 1. The van der Waals surface area contributed by atoms with Crippen LogP contribution in [0.25, 0.3) is 0 Å². The number of aryl methyl sites for hydroxylation is 1. The smallest absolute Gasteiger partial charge is 0.248 e. The van der Waals surface area contributed by atoms with Crippen LogP contribution in [-0.2, 0) is 6.54 Å². The normalized spacial score (nSPS) is 10.2. The fourth-order valence-corrected chi connectivity index (χ4v) is 2.19. The molecule has 2 aromatic rings. The summed E-state index contributed by atoms with van der Waals surface area (Å²) in [5.41, 5.74) is 7.81. The summed E-state index contributed by atoms with van der Waals surface area (Å²) in [5, 5.41) is 3.24. The number of benzene rings is 1. The molecule has 1 amide bonds. The Morgan fingerprint density at radius 2 is 2.21 bits per heavy atom. The van der Waals surface area contributed by atoms with E-state index in [9.17, 15) is 4.79 Å². The third-order valence-corrected chi connectivity index (χ3v) is 3.15. The Morgan fingerprint density at radius 3 is 2.89 bits per heavy atom. The van der Waals surface area contributed by atoms with E-state index in [-0.39, 0.29) is 0 Å². The van der Waals surface area contributed by atoms with Gasteiger partial charge in [-0.2, -0.15) is 0 Å². The van der Waals surface area contributed by atoms with Gasteiger partial charge in [0.25, 0.3) is 0 Å². The van der Waals surface area contributed by atoms with Gasteiger partial charge < -0.3 is 11.1 Å². The number of halogens is 1. The molecule has 0 saturated heterocycles. The van der Waals surface area contributed by atoms with Crippen molar-refractivity contribution in [2.45, 2.75) is 13.5 Å². The number of rotatable bonds is 4. The van der Waals surface area contributed by atoms with E-state index in [1.165, 1.54) is 0 Å². The van der Waals surface area contributed by atoms with E-state index >= 15 is 0 Å². The van der Waals surface area contributed by atoms with Crippen molar-refractivity contribution in [2.24, 2.45) is 5.73 Å². The number of nitrogens with one attached hydrogen (secondary N) is 1. The van der Waals surface area contributed by atoms with Crippen LogP contribution in [0.5, 0.6) is 0 Å². The Bertz CT molecular complexity index is 613. The van der Waals surface area contributed by atoms with Gasteiger partial charge in [-0.1, -0.05) is 12.1 Å². The van der Waals surface area contributed by atoms with Crippen molar-refractivity contribution < 1.29 is 4.79 Å². The average molecular weight is 320 g/mol. The summed E-state index contributed by atoms with van der Waals surface area (Å²) in [6, 6.07) is 9.24. The first-order valence-corrected chi connectivity index (χ1v) is 6.60. The summed E-state index contributed by atoms with van der Waals surface area (Å²) in [5.74, 6) is 0.410. The lowest BCUT2D eigenvalue weighted by Crippen LogP contribution is -2.11. The van der Waals surface area contributed by atoms with E-state index in [0.717, 1.165) is 21.4 Å². The van der Waals surface area contributed by atoms with Crippen molar-refractivity contribution in [1.29, 1.82) is 0 Å². The molecule has 1 aromatic heterocycles. The summed E-state index contributed by atoms with van der Waals surface area (Å²) in [7, 11) is 0. The first kappa shape index (κ1) is 13.5. The summed E-state index contributed by atoms with van der Waals surface area (Å²) in [6.07, 6.45) is 1.75. The molecule has 98 valence electrons. The second kappa shape index (κ2) is 5.84. The highest BCUT2D eigenvalue weighted by Gasteiger charge is 2.03. The molecule has 4 nitrogen and oxygen atoms in total. The molecule has 3 N–H and O–H groups in total. The van der Waals surface area contributed by atoms with Gasteiger partial charge in [-0.3, -0.25) is 4.79 Å². The summed E-state index contributed by atoms with van der Waals surface area (Å²) < 4.78 is 0.950. The fraction of sp³-hybridized carbons (Fsp3) is 0.143. The number of hydrogen-bond acceptors (Lipinski definition) is 3. The zero-order valence-electron chi connectivity index (χ0n) is 10.5. The lowest BCUT2D eigenvalue weighted by atomic mass is 10.1.